The van der Waals surface area contributed by atoms with Crippen LogP contribution in [0, 0.1) is 12.8 Å². The molecule has 2 aromatic heterocycles. The zero-order chi connectivity index (χ0) is 18.1. The molecule has 2 aliphatic rings. The highest BCUT2D eigenvalue weighted by molar-refractivity contribution is 7.20. The Bertz CT molecular complexity index is 858. The standard InChI is InChI=1S/C17H23N5O3S/c1-11-8-14(23)22-16(19-11)26-17(20-22)21-6-2-4-12(10-21)15(24)18-9-13-5-3-7-25-13/h8,12-13H,2-7,9-10H2,1H3,(H,18,24). The molecule has 8 nitrogen and oxygen atoms in total. The smallest absolute Gasteiger partial charge is 0.275 e. The Hall–Kier alpha value is -2.00. The van der Waals surface area contributed by atoms with E-state index in [0.29, 0.717) is 23.7 Å². The van der Waals surface area contributed by atoms with Crippen LogP contribution in [0.1, 0.15) is 31.4 Å². The van der Waals surface area contributed by atoms with E-state index in [-0.39, 0.29) is 23.5 Å². The third-order valence-corrected chi connectivity index (χ3v) is 5.92. The molecule has 2 atom stereocenters. The van der Waals surface area contributed by atoms with Gasteiger partial charge in [0.15, 0.2) is 0 Å². The van der Waals surface area contributed by atoms with Crippen molar-refractivity contribution in [2.75, 3.05) is 31.1 Å². The number of ether oxygens (including phenoxy) is 1. The number of aromatic nitrogens is 3. The molecule has 1 N–H and O–H groups in total. The van der Waals surface area contributed by atoms with E-state index >= 15 is 0 Å². The second kappa shape index (κ2) is 7.32. The lowest BCUT2D eigenvalue weighted by atomic mass is 9.97. The van der Waals surface area contributed by atoms with Crippen LogP contribution in [-0.2, 0) is 9.53 Å². The molecule has 4 rings (SSSR count). The van der Waals surface area contributed by atoms with E-state index in [1.54, 1.807) is 6.92 Å². The van der Waals surface area contributed by atoms with Crippen molar-refractivity contribution in [1.82, 2.24) is 19.9 Å². The number of piperidine rings is 1. The molecule has 0 bridgehead atoms. The molecule has 4 heterocycles. The van der Waals surface area contributed by atoms with Crippen LogP contribution < -0.4 is 15.8 Å². The quantitative estimate of drug-likeness (QED) is 0.854. The number of amides is 1. The minimum absolute atomic E-state index is 0.0661. The van der Waals surface area contributed by atoms with Gasteiger partial charge in [-0.05, 0) is 32.6 Å². The summed E-state index contributed by atoms with van der Waals surface area (Å²) in [5.41, 5.74) is 0.521. The van der Waals surface area contributed by atoms with Gasteiger partial charge in [-0.2, -0.15) is 4.52 Å². The van der Waals surface area contributed by atoms with Crippen LogP contribution in [0.3, 0.4) is 0 Å². The first-order valence-corrected chi connectivity index (χ1v) is 9.93. The predicted molar refractivity (Wildman–Crippen MR) is 98.8 cm³/mol. The number of hydrogen-bond donors (Lipinski definition) is 1. The van der Waals surface area contributed by atoms with E-state index in [1.165, 1.54) is 21.9 Å². The zero-order valence-electron chi connectivity index (χ0n) is 14.8. The normalized spacial score (nSPS) is 23.5. The molecule has 0 aromatic carbocycles. The van der Waals surface area contributed by atoms with Gasteiger partial charge in [0.1, 0.15) is 0 Å². The summed E-state index contributed by atoms with van der Waals surface area (Å²) in [5, 5.41) is 8.20. The van der Waals surface area contributed by atoms with Gasteiger partial charge in [0.25, 0.3) is 5.56 Å². The van der Waals surface area contributed by atoms with Gasteiger partial charge in [-0.1, -0.05) is 11.3 Å². The first-order chi connectivity index (χ1) is 12.6. The average molecular weight is 377 g/mol. The van der Waals surface area contributed by atoms with Crippen LogP contribution in [0.4, 0.5) is 5.13 Å². The maximum absolute atomic E-state index is 12.5. The van der Waals surface area contributed by atoms with Gasteiger partial charge in [0.2, 0.25) is 16.0 Å². The number of nitrogens with zero attached hydrogens (tertiary/aromatic N) is 4. The minimum atomic E-state index is -0.169. The van der Waals surface area contributed by atoms with Crippen molar-refractivity contribution in [2.45, 2.75) is 38.7 Å². The van der Waals surface area contributed by atoms with Crippen LogP contribution in [0.2, 0.25) is 0 Å². The van der Waals surface area contributed by atoms with E-state index < -0.39 is 0 Å². The molecular weight excluding hydrogens is 354 g/mol. The molecule has 0 spiro atoms. The molecule has 2 aromatic rings. The second-order valence-electron chi connectivity index (χ2n) is 6.98. The Morgan fingerprint density at radius 3 is 3.12 bits per heavy atom. The highest BCUT2D eigenvalue weighted by atomic mass is 32.1. The van der Waals surface area contributed by atoms with E-state index in [9.17, 15) is 9.59 Å². The lowest BCUT2D eigenvalue weighted by molar-refractivity contribution is -0.125. The van der Waals surface area contributed by atoms with Crippen molar-refractivity contribution < 1.29 is 9.53 Å². The van der Waals surface area contributed by atoms with Gasteiger partial charge in [-0.25, -0.2) is 4.98 Å². The summed E-state index contributed by atoms with van der Waals surface area (Å²) in [4.78, 5) is 31.6. The highest BCUT2D eigenvalue weighted by Gasteiger charge is 2.28. The number of aryl methyl sites for hydroxylation is 1. The molecule has 2 fully saturated rings. The van der Waals surface area contributed by atoms with Crippen molar-refractivity contribution in [1.29, 1.82) is 0 Å². The van der Waals surface area contributed by atoms with Gasteiger partial charge in [0, 0.05) is 38.0 Å². The number of rotatable bonds is 4. The van der Waals surface area contributed by atoms with Crippen molar-refractivity contribution in [2.24, 2.45) is 5.92 Å². The van der Waals surface area contributed by atoms with Gasteiger partial charge < -0.3 is 15.0 Å². The van der Waals surface area contributed by atoms with Crippen molar-refractivity contribution in [3.05, 3.63) is 22.1 Å². The Kier molecular flexibility index (Phi) is 4.90. The van der Waals surface area contributed by atoms with Gasteiger partial charge in [-0.15, -0.1) is 5.10 Å². The van der Waals surface area contributed by atoms with Gasteiger partial charge in [-0.3, -0.25) is 9.59 Å². The second-order valence-corrected chi connectivity index (χ2v) is 7.91. The average Bonchev–Trinajstić information content (AvgIpc) is 3.29. The molecule has 2 unspecified atom stereocenters. The van der Waals surface area contributed by atoms with Crippen LogP contribution in [0.25, 0.3) is 4.96 Å². The first kappa shape index (κ1) is 17.4. The number of anilines is 1. The first-order valence-electron chi connectivity index (χ1n) is 9.12. The van der Waals surface area contributed by atoms with Gasteiger partial charge in [0.05, 0.1) is 12.0 Å². The molecule has 1 amide bonds. The van der Waals surface area contributed by atoms with Crippen LogP contribution in [-0.4, -0.2) is 52.9 Å². The Morgan fingerprint density at radius 1 is 1.42 bits per heavy atom. The summed E-state index contributed by atoms with van der Waals surface area (Å²) in [7, 11) is 0. The Balaban J connectivity index is 1.43. The number of hydrogen-bond acceptors (Lipinski definition) is 7. The molecule has 9 heteroatoms. The van der Waals surface area contributed by atoms with Crippen molar-refractivity contribution in [3.8, 4) is 0 Å². The summed E-state index contributed by atoms with van der Waals surface area (Å²) in [6.07, 6.45) is 4.04. The monoisotopic (exact) mass is 377 g/mol. The maximum Gasteiger partial charge on any atom is 0.275 e. The summed E-state index contributed by atoms with van der Waals surface area (Å²) < 4.78 is 6.90. The van der Waals surface area contributed by atoms with Crippen molar-refractivity contribution in [3.63, 3.8) is 0 Å². The molecule has 0 saturated carbocycles. The maximum atomic E-state index is 12.5. The number of carbonyl (C=O) groups is 1. The molecule has 140 valence electrons. The van der Waals surface area contributed by atoms with Crippen LogP contribution in [0.15, 0.2) is 10.9 Å². The SMILES string of the molecule is Cc1cc(=O)n2nc(N3CCCC(C(=O)NCC4CCCO4)C3)sc2n1. The van der Waals surface area contributed by atoms with Gasteiger partial charge >= 0.3 is 0 Å². The molecule has 0 radical (unpaired) electrons. The third-order valence-electron chi connectivity index (χ3n) is 4.95. The topological polar surface area (TPSA) is 88.8 Å². The van der Waals surface area contributed by atoms with Crippen LogP contribution in [0.5, 0.6) is 0 Å². The summed E-state index contributed by atoms with van der Waals surface area (Å²) in [5.74, 6) is 0.0148. The molecule has 0 aliphatic carbocycles. The molecular formula is C17H23N5O3S. The molecule has 2 aliphatic heterocycles. The van der Waals surface area contributed by atoms with E-state index in [1.807, 2.05) is 0 Å². The predicted octanol–water partition coefficient (Wildman–Crippen LogP) is 0.971. The number of carbonyl (C=O) groups excluding carboxylic acids is 1. The summed E-state index contributed by atoms with van der Waals surface area (Å²) in [6, 6.07) is 1.48. The summed E-state index contributed by atoms with van der Waals surface area (Å²) in [6.45, 7) is 4.64. The lowest BCUT2D eigenvalue weighted by Crippen LogP contribution is -2.44. The van der Waals surface area contributed by atoms with E-state index in [0.717, 1.165) is 44.0 Å². The Labute approximate surface area is 155 Å². The van der Waals surface area contributed by atoms with E-state index in [2.05, 4.69) is 20.3 Å². The molecule has 26 heavy (non-hydrogen) atoms. The third kappa shape index (κ3) is 3.59. The van der Waals surface area contributed by atoms with Crippen LogP contribution >= 0.6 is 11.3 Å². The minimum Gasteiger partial charge on any atom is -0.376 e. The fourth-order valence-electron chi connectivity index (χ4n) is 3.57. The highest BCUT2D eigenvalue weighted by Crippen LogP contribution is 2.27. The summed E-state index contributed by atoms with van der Waals surface area (Å²) >= 11 is 1.39. The fraction of sp³-hybridized carbons (Fsp3) is 0.647. The van der Waals surface area contributed by atoms with Crippen molar-refractivity contribution >= 4 is 27.3 Å². The Morgan fingerprint density at radius 2 is 2.31 bits per heavy atom. The number of fused-ring (bicyclic) bond motifs is 1. The fourth-order valence-corrected chi connectivity index (χ4v) is 4.55. The zero-order valence-corrected chi connectivity index (χ0v) is 15.6. The lowest BCUT2D eigenvalue weighted by Gasteiger charge is -2.31. The number of nitrogens with one attached hydrogen (secondary N) is 1. The molecule has 2 saturated heterocycles. The van der Waals surface area contributed by atoms with E-state index in [4.69, 9.17) is 4.74 Å². The largest absolute Gasteiger partial charge is 0.376 e.